The number of rotatable bonds is 3. The van der Waals surface area contributed by atoms with Gasteiger partial charge in [-0.3, -0.25) is 0 Å². The fraction of sp³-hybridized carbons (Fsp3) is 0.375. The Morgan fingerprint density at radius 2 is 1.77 bits per heavy atom. The highest BCUT2D eigenvalue weighted by Gasteiger charge is 2.37. The average Bonchev–Trinajstić information content (AvgIpc) is 2.95. The van der Waals surface area contributed by atoms with Crippen molar-refractivity contribution in [1.29, 1.82) is 0 Å². The molecule has 0 unspecified atom stereocenters. The Kier molecular flexibility index (Phi) is 3.84. The molecule has 118 valence electrons. The van der Waals surface area contributed by atoms with Crippen LogP contribution < -0.4 is 0 Å². The van der Waals surface area contributed by atoms with Gasteiger partial charge in [-0.2, -0.15) is 17.0 Å². The summed E-state index contributed by atoms with van der Waals surface area (Å²) in [5.74, 6) is 0. The van der Waals surface area contributed by atoms with Gasteiger partial charge >= 0.3 is 0 Å². The molecule has 1 atom stereocenters. The van der Waals surface area contributed by atoms with Gasteiger partial charge in [-0.05, 0) is 24.6 Å². The van der Waals surface area contributed by atoms with Crippen LogP contribution in [0.25, 0.3) is 0 Å². The molecule has 0 bridgehead atoms. The molecule has 6 heteroatoms. The van der Waals surface area contributed by atoms with Crippen LogP contribution in [0.3, 0.4) is 0 Å². The molecule has 2 heterocycles. The third-order valence-corrected chi connectivity index (χ3v) is 6.05. The third kappa shape index (κ3) is 2.47. The molecule has 0 saturated carbocycles. The van der Waals surface area contributed by atoms with Crippen LogP contribution in [0.4, 0.5) is 0 Å². The second-order valence-electron chi connectivity index (χ2n) is 5.84. The highest BCUT2D eigenvalue weighted by Crippen LogP contribution is 2.34. The van der Waals surface area contributed by atoms with Gasteiger partial charge in [0.15, 0.2) is 0 Å². The summed E-state index contributed by atoms with van der Waals surface area (Å²) in [4.78, 5) is 0. The van der Waals surface area contributed by atoms with Crippen LogP contribution in [0, 0.1) is 6.92 Å². The van der Waals surface area contributed by atoms with E-state index >= 15 is 0 Å². The van der Waals surface area contributed by atoms with Gasteiger partial charge < -0.3 is 4.57 Å². The first-order valence-corrected chi connectivity index (χ1v) is 8.72. The summed E-state index contributed by atoms with van der Waals surface area (Å²) >= 11 is 0. The van der Waals surface area contributed by atoms with Crippen molar-refractivity contribution in [3.05, 3.63) is 59.4 Å². The van der Waals surface area contributed by atoms with Crippen molar-refractivity contribution in [3.8, 4) is 0 Å². The van der Waals surface area contributed by atoms with Gasteiger partial charge in [0.25, 0.3) is 10.2 Å². The molecule has 3 rings (SSSR count). The van der Waals surface area contributed by atoms with E-state index in [0.717, 1.165) is 16.8 Å². The van der Waals surface area contributed by atoms with E-state index in [1.807, 2.05) is 49.5 Å². The van der Waals surface area contributed by atoms with E-state index in [4.69, 9.17) is 0 Å². The summed E-state index contributed by atoms with van der Waals surface area (Å²) in [5.41, 5.74) is 3.17. The largest absolute Gasteiger partial charge is 0.348 e. The fourth-order valence-electron chi connectivity index (χ4n) is 2.91. The first kappa shape index (κ1) is 15.3. The van der Waals surface area contributed by atoms with Crippen LogP contribution in [0.15, 0.2) is 42.6 Å². The number of benzene rings is 1. The SMILES string of the molecule is Cc1ccc([C@H]2c3cccn3CCN2S(=O)(=O)N(C)C)cc1. The lowest BCUT2D eigenvalue weighted by Gasteiger charge is -2.37. The zero-order valence-electron chi connectivity index (χ0n) is 13.1. The van der Waals surface area contributed by atoms with Gasteiger partial charge in [-0.1, -0.05) is 29.8 Å². The van der Waals surface area contributed by atoms with Gasteiger partial charge in [0.1, 0.15) is 0 Å². The average molecular weight is 319 g/mol. The minimum atomic E-state index is -3.47. The quantitative estimate of drug-likeness (QED) is 0.869. The van der Waals surface area contributed by atoms with E-state index < -0.39 is 10.2 Å². The number of hydrogen-bond acceptors (Lipinski definition) is 2. The molecule has 0 fully saturated rings. The number of hydrogen-bond donors (Lipinski definition) is 0. The normalized spacial score (nSPS) is 19.4. The monoisotopic (exact) mass is 319 g/mol. The van der Waals surface area contributed by atoms with Crippen LogP contribution in [-0.4, -0.2) is 42.2 Å². The Morgan fingerprint density at radius 3 is 2.41 bits per heavy atom. The van der Waals surface area contributed by atoms with Gasteiger partial charge in [0.05, 0.1) is 6.04 Å². The topological polar surface area (TPSA) is 45.6 Å². The van der Waals surface area contributed by atoms with Crippen molar-refractivity contribution in [1.82, 2.24) is 13.2 Å². The number of fused-ring (bicyclic) bond motifs is 1. The molecule has 0 radical (unpaired) electrons. The van der Waals surface area contributed by atoms with Gasteiger partial charge in [-0.15, -0.1) is 0 Å². The van der Waals surface area contributed by atoms with E-state index in [1.54, 1.807) is 18.4 Å². The van der Waals surface area contributed by atoms with Crippen LogP contribution in [0.5, 0.6) is 0 Å². The molecule has 0 saturated heterocycles. The van der Waals surface area contributed by atoms with Crippen LogP contribution in [0.2, 0.25) is 0 Å². The zero-order valence-corrected chi connectivity index (χ0v) is 13.9. The summed E-state index contributed by atoms with van der Waals surface area (Å²) in [7, 11) is -0.318. The molecule has 0 amide bonds. The van der Waals surface area contributed by atoms with Crippen LogP contribution >= 0.6 is 0 Å². The maximum absolute atomic E-state index is 12.7. The van der Waals surface area contributed by atoms with Crippen LogP contribution in [-0.2, 0) is 16.8 Å². The molecule has 1 aliphatic rings. The molecule has 1 aromatic carbocycles. The summed E-state index contributed by atoms with van der Waals surface area (Å²) in [6.07, 6.45) is 2.01. The molecule has 0 N–H and O–H groups in total. The highest BCUT2D eigenvalue weighted by molar-refractivity contribution is 7.86. The molecule has 22 heavy (non-hydrogen) atoms. The Balaban J connectivity index is 2.13. The first-order chi connectivity index (χ1) is 10.4. The lowest BCUT2D eigenvalue weighted by atomic mass is 10.0. The second-order valence-corrected chi connectivity index (χ2v) is 7.94. The Bertz CT molecular complexity index is 763. The van der Waals surface area contributed by atoms with E-state index in [2.05, 4.69) is 4.57 Å². The van der Waals surface area contributed by atoms with Crippen molar-refractivity contribution >= 4 is 10.2 Å². The van der Waals surface area contributed by atoms with Crippen molar-refractivity contribution in [3.63, 3.8) is 0 Å². The van der Waals surface area contributed by atoms with Crippen molar-refractivity contribution in [2.45, 2.75) is 19.5 Å². The molecule has 5 nitrogen and oxygen atoms in total. The predicted molar refractivity (Wildman–Crippen MR) is 86.8 cm³/mol. The van der Waals surface area contributed by atoms with Gasteiger partial charge in [0.2, 0.25) is 0 Å². The molecule has 1 aliphatic heterocycles. The van der Waals surface area contributed by atoms with E-state index in [0.29, 0.717) is 13.1 Å². The van der Waals surface area contributed by atoms with Crippen molar-refractivity contribution < 1.29 is 8.42 Å². The van der Waals surface area contributed by atoms with E-state index in [-0.39, 0.29) is 6.04 Å². The van der Waals surface area contributed by atoms with Crippen LogP contribution in [0.1, 0.15) is 22.9 Å². The summed E-state index contributed by atoms with van der Waals surface area (Å²) in [6, 6.07) is 11.8. The lowest BCUT2D eigenvalue weighted by Crippen LogP contribution is -2.47. The number of nitrogens with zero attached hydrogens (tertiary/aromatic N) is 3. The second kappa shape index (κ2) is 5.53. The summed E-state index contributed by atoms with van der Waals surface area (Å²) in [5, 5.41) is 0. The summed E-state index contributed by atoms with van der Waals surface area (Å²) in [6.45, 7) is 3.18. The minimum Gasteiger partial charge on any atom is -0.348 e. The Labute approximate surface area is 132 Å². The van der Waals surface area contributed by atoms with Crippen molar-refractivity contribution in [2.24, 2.45) is 0 Å². The maximum atomic E-state index is 12.7. The molecule has 0 spiro atoms. The minimum absolute atomic E-state index is 0.281. The van der Waals surface area contributed by atoms with Gasteiger partial charge in [0, 0.05) is 39.1 Å². The van der Waals surface area contributed by atoms with Crippen molar-refractivity contribution in [2.75, 3.05) is 20.6 Å². The first-order valence-electron chi connectivity index (χ1n) is 7.32. The molecular formula is C16H21N3O2S. The number of aryl methyl sites for hydroxylation is 1. The molecule has 0 aliphatic carbocycles. The Morgan fingerprint density at radius 1 is 1.09 bits per heavy atom. The van der Waals surface area contributed by atoms with E-state index in [9.17, 15) is 8.42 Å². The van der Waals surface area contributed by atoms with Gasteiger partial charge in [-0.25, -0.2) is 0 Å². The Hall–Kier alpha value is -1.63. The molecular weight excluding hydrogens is 298 g/mol. The fourth-order valence-corrected chi connectivity index (χ4v) is 4.13. The molecule has 1 aromatic heterocycles. The molecule has 2 aromatic rings. The zero-order chi connectivity index (χ0) is 15.9. The standard InChI is InChI=1S/C16H21N3O2S/c1-13-6-8-14(9-7-13)16-15-5-4-10-18(15)11-12-19(16)22(20,21)17(2)3/h4-10,16H,11-12H2,1-3H3/t16-/m0/s1. The van der Waals surface area contributed by atoms with E-state index in [1.165, 1.54) is 4.31 Å². The smallest absolute Gasteiger partial charge is 0.282 e. The lowest BCUT2D eigenvalue weighted by molar-refractivity contribution is 0.281. The summed E-state index contributed by atoms with van der Waals surface area (Å²) < 4.78 is 30.4. The maximum Gasteiger partial charge on any atom is 0.282 e. The predicted octanol–water partition coefficient (Wildman–Crippen LogP) is 2.01. The third-order valence-electron chi connectivity index (χ3n) is 4.14. The number of aromatic nitrogens is 1. The highest BCUT2D eigenvalue weighted by atomic mass is 32.2.